The number of aromatic amines is 2. The number of carboxylic acid groups (broad SMARTS) is 2. The Morgan fingerprint density at radius 2 is 1.09 bits per heavy atom. The first-order valence-electron chi connectivity index (χ1n) is 27.2. The normalized spacial score (nSPS) is 24.5. The maximum Gasteiger partial charge on any atom is 0.490 e. The number of hydrogen-bond donors (Lipinski definition) is 17. The van der Waals surface area contributed by atoms with Crippen LogP contribution in [0, 0.1) is 5.92 Å². The number of amides is 9. The Hall–Kier alpha value is -8.31. The van der Waals surface area contributed by atoms with Crippen LogP contribution in [0.2, 0.25) is 0 Å². The largest absolute Gasteiger partial charge is 0.490 e. The minimum absolute atomic E-state index is 0.0227. The molecule has 482 valence electrons. The molecule has 34 heteroatoms. The summed E-state index contributed by atoms with van der Waals surface area (Å²) in [6.45, 7) is 6.22. The molecule has 4 aromatic rings. The van der Waals surface area contributed by atoms with Crippen LogP contribution in [0.1, 0.15) is 57.9 Å². The van der Waals surface area contributed by atoms with Crippen molar-refractivity contribution in [1.82, 2.24) is 62.8 Å². The van der Waals surface area contributed by atoms with Crippen molar-refractivity contribution in [2.24, 2.45) is 11.7 Å². The number of carbonyl (C=O) groups excluding carboxylic acids is 9. The molecular weight excluding hydrogens is 1210 g/mol. The van der Waals surface area contributed by atoms with Gasteiger partial charge < -0.3 is 89.1 Å². The molecule has 5 rings (SSSR count). The first-order chi connectivity index (χ1) is 41.4. The van der Waals surface area contributed by atoms with E-state index in [1.54, 1.807) is 74.6 Å². The predicted octanol–water partition coefficient (Wildman–Crippen LogP) is -2.46. The number of hydrogen-bond acceptors (Lipinski definition) is 18. The number of fused-ring (bicyclic) bond motifs is 1. The van der Waals surface area contributed by atoms with Crippen LogP contribution in [0.3, 0.4) is 0 Å². The summed E-state index contributed by atoms with van der Waals surface area (Å²) in [5.74, 6) is -13.8. The zero-order valence-electron chi connectivity index (χ0n) is 48.1. The average molecular weight is 1280 g/mol. The molecule has 88 heavy (non-hydrogen) atoms. The van der Waals surface area contributed by atoms with Crippen LogP contribution in [0.5, 0.6) is 0 Å². The fraction of sp³-hybridized carbons (Fsp3) is 0.481. The fourth-order valence-electron chi connectivity index (χ4n) is 8.38. The van der Waals surface area contributed by atoms with E-state index in [1.807, 2.05) is 0 Å². The summed E-state index contributed by atoms with van der Waals surface area (Å²) < 4.78 is 31.7. The fourth-order valence-corrected chi connectivity index (χ4v) is 10.7. The van der Waals surface area contributed by atoms with E-state index in [-0.39, 0.29) is 43.1 Å². The molecule has 0 aliphatic carbocycles. The molecular formula is C54H72F3N13O16S2. The number of aromatic nitrogens is 3. The van der Waals surface area contributed by atoms with Gasteiger partial charge in [-0.05, 0) is 50.3 Å². The minimum Gasteiger partial charge on any atom is -0.480 e. The van der Waals surface area contributed by atoms with Crippen LogP contribution in [-0.4, -0.2) is 203 Å². The Morgan fingerprint density at radius 1 is 0.602 bits per heavy atom. The van der Waals surface area contributed by atoms with Crippen LogP contribution in [0.4, 0.5) is 13.2 Å². The van der Waals surface area contributed by atoms with Gasteiger partial charge in [-0.25, -0.2) is 14.6 Å². The van der Waals surface area contributed by atoms with Gasteiger partial charge in [0.25, 0.3) is 0 Å². The summed E-state index contributed by atoms with van der Waals surface area (Å²) in [5, 5.41) is 72.5. The van der Waals surface area contributed by atoms with Crippen molar-refractivity contribution in [1.29, 1.82) is 0 Å². The van der Waals surface area contributed by atoms with Crippen LogP contribution >= 0.6 is 21.6 Å². The molecule has 3 heterocycles. The number of nitrogens with one attached hydrogen (secondary N) is 11. The lowest BCUT2D eigenvalue weighted by Crippen LogP contribution is -2.63. The number of carboxylic acids is 2. The third-order valence-corrected chi connectivity index (χ3v) is 15.4. The number of benzene rings is 2. The molecule has 1 aliphatic rings. The summed E-state index contributed by atoms with van der Waals surface area (Å²) in [5.41, 5.74) is 8.27. The number of alkyl halides is 3. The van der Waals surface area contributed by atoms with Crippen molar-refractivity contribution in [3.05, 3.63) is 90.1 Å². The summed E-state index contributed by atoms with van der Waals surface area (Å²) >= 11 is 0. The zero-order valence-corrected chi connectivity index (χ0v) is 49.7. The maximum atomic E-state index is 14.5. The van der Waals surface area contributed by atoms with E-state index in [4.69, 9.17) is 15.6 Å². The van der Waals surface area contributed by atoms with Gasteiger partial charge in [0.15, 0.2) is 0 Å². The number of halogens is 3. The third-order valence-electron chi connectivity index (χ3n) is 13.0. The Bertz CT molecular complexity index is 3050. The highest BCUT2D eigenvalue weighted by atomic mass is 33.1. The van der Waals surface area contributed by atoms with Crippen LogP contribution in [0.25, 0.3) is 10.9 Å². The van der Waals surface area contributed by atoms with Crippen LogP contribution in [-0.2, 0) is 72.0 Å². The number of carbonyl (C=O) groups is 11. The van der Waals surface area contributed by atoms with Crippen molar-refractivity contribution in [2.75, 3.05) is 18.1 Å². The highest BCUT2D eigenvalue weighted by molar-refractivity contribution is 8.76. The molecule has 1 aliphatic heterocycles. The second kappa shape index (κ2) is 34.3. The lowest BCUT2D eigenvalue weighted by Gasteiger charge is -2.28. The van der Waals surface area contributed by atoms with Crippen molar-refractivity contribution in [3.8, 4) is 0 Å². The molecule has 1 saturated heterocycles. The Labute approximate surface area is 509 Å². The van der Waals surface area contributed by atoms with Gasteiger partial charge in [-0.3, -0.25) is 43.2 Å². The molecule has 2 aromatic carbocycles. The molecule has 0 bridgehead atoms. The van der Waals surface area contributed by atoms with E-state index in [0.717, 1.165) is 35.4 Å². The SMILES string of the molecule is CC(C)C[C@@H]1NC(=O)[C@H]([C@@H](C)O)NC(=O)[C@H](Cc2ccccc2)NC(=O)CNC(=O)[C@H](Cc2c[nH]c3ccccc23)NC(=O)[C@H](Cc2cnc[nH]2)NC(=O)[C@H]([C@@H](C)O)NC(=O)[C@H]([C@@H](C)O)NC(=O)[C@@H](N)CSSC[C@@H](C(=O)O)NC1=O.O=C(O)C(F)(F)F. The number of H-pyrrole nitrogens is 2. The summed E-state index contributed by atoms with van der Waals surface area (Å²) in [7, 11) is 1.84. The zero-order chi connectivity index (χ0) is 65.6. The minimum atomic E-state index is -5.08. The van der Waals surface area contributed by atoms with Crippen molar-refractivity contribution >= 4 is 97.6 Å². The Kier molecular flexibility index (Phi) is 28.1. The molecule has 0 spiro atoms. The van der Waals surface area contributed by atoms with Gasteiger partial charge in [-0.15, -0.1) is 0 Å². The topological polar surface area (TPSA) is 468 Å². The number of aliphatic hydroxyl groups excluding tert-OH is 3. The number of aliphatic hydroxyl groups is 3. The highest BCUT2D eigenvalue weighted by Crippen LogP contribution is 2.24. The van der Waals surface area contributed by atoms with Crippen molar-refractivity contribution < 1.29 is 91.4 Å². The molecule has 12 atom stereocenters. The Morgan fingerprint density at radius 3 is 1.65 bits per heavy atom. The lowest BCUT2D eigenvalue weighted by atomic mass is 10.0. The van der Waals surface area contributed by atoms with Gasteiger partial charge in [-0.2, -0.15) is 13.2 Å². The molecule has 9 amide bonds. The third kappa shape index (κ3) is 23.1. The highest BCUT2D eigenvalue weighted by Gasteiger charge is 2.39. The monoisotopic (exact) mass is 1280 g/mol. The molecule has 18 N–H and O–H groups in total. The number of aliphatic carboxylic acids is 2. The first kappa shape index (κ1) is 72.2. The number of nitrogens with zero attached hydrogens (tertiary/aromatic N) is 1. The molecule has 2 aromatic heterocycles. The molecule has 29 nitrogen and oxygen atoms in total. The molecule has 0 saturated carbocycles. The van der Waals surface area contributed by atoms with Crippen molar-refractivity contribution in [3.63, 3.8) is 0 Å². The average Bonchev–Trinajstić information content (AvgIpc) is 4.35. The second-order valence-corrected chi connectivity index (χ2v) is 23.3. The first-order valence-corrected chi connectivity index (χ1v) is 29.7. The van der Waals surface area contributed by atoms with Gasteiger partial charge >= 0.3 is 18.1 Å². The van der Waals surface area contributed by atoms with E-state index in [9.17, 15) is 81.5 Å². The Balaban J connectivity index is 0.00000222. The van der Waals surface area contributed by atoms with Gasteiger partial charge in [0.1, 0.15) is 48.3 Å². The number of rotatable bonds is 12. The van der Waals surface area contributed by atoms with Gasteiger partial charge in [-0.1, -0.05) is 84.0 Å². The maximum absolute atomic E-state index is 14.5. The molecule has 1 fully saturated rings. The van der Waals surface area contributed by atoms with E-state index in [0.29, 0.717) is 27.7 Å². The van der Waals surface area contributed by atoms with E-state index >= 15 is 0 Å². The van der Waals surface area contributed by atoms with Gasteiger partial charge in [0.2, 0.25) is 53.2 Å². The number of nitrogens with two attached hydrogens (primary N) is 1. The van der Waals surface area contributed by atoms with Crippen LogP contribution < -0.4 is 53.6 Å². The van der Waals surface area contributed by atoms with E-state index in [2.05, 4.69) is 62.8 Å². The van der Waals surface area contributed by atoms with Gasteiger partial charge in [0, 0.05) is 59.8 Å². The van der Waals surface area contributed by atoms with E-state index in [1.165, 1.54) is 19.4 Å². The van der Waals surface area contributed by atoms with E-state index < -0.39 is 151 Å². The van der Waals surface area contributed by atoms with Crippen LogP contribution in [0.15, 0.2) is 73.3 Å². The molecule has 0 unspecified atom stereocenters. The summed E-state index contributed by atoms with van der Waals surface area (Å²) in [6.07, 6.45) is -6.28. The van der Waals surface area contributed by atoms with Gasteiger partial charge in [0.05, 0.1) is 37.2 Å². The smallest absolute Gasteiger partial charge is 0.480 e. The quantitative estimate of drug-likeness (QED) is 0.0654. The number of para-hydroxylation sites is 1. The number of imidazole rings is 1. The van der Waals surface area contributed by atoms with Crippen molar-refractivity contribution in [2.45, 2.75) is 139 Å². The lowest BCUT2D eigenvalue weighted by molar-refractivity contribution is -0.192. The second-order valence-electron chi connectivity index (χ2n) is 20.7. The molecule has 0 radical (unpaired) electrons. The summed E-state index contributed by atoms with van der Waals surface area (Å²) in [4.78, 5) is 157. The predicted molar refractivity (Wildman–Crippen MR) is 312 cm³/mol. The summed E-state index contributed by atoms with van der Waals surface area (Å²) in [6, 6.07) is 1.42. The standard InChI is InChI=1S/C52H71N13O14S2.C2HF3O2/c1-25(2)15-35-46(72)62-39(52(78)79)23-81-80-22-33(53)44(70)63-43(28(5)68)51(77)65-42(27(4)67)50(76)61-38(18-31-20-54-24-57-31)47(73)59-37(17-30-19-55-34-14-10-9-13-32(30)34)45(71)56-21-40(69)58-36(16-29-11-7-6-8-12-29)48(74)64-41(26(3)66)49(75)60-35;3-2(4,5)1(6)7/h6-14,19-20,24-28,33,35-39,41-43,55,66-68H,15-18,21-23,53H2,1-5H3,(H,54,57)(H,56,71)(H,58,69)(H,59,73)(H,60,75)(H,61,76)(H,62,72)(H,63,70)(H,64,74)(H,65,77)(H,78,79);(H,6,7)/t26-,27-,28-,33+,35+,36+,37+,38+,39+,41+,42+,43+;/m1./s1.